The highest BCUT2D eigenvalue weighted by Gasteiger charge is 2.26. The average Bonchev–Trinajstić information content (AvgIpc) is 3.36. The molecule has 0 spiro atoms. The maximum Gasteiger partial charge on any atom is 0.256 e. The van der Waals surface area contributed by atoms with Crippen LogP contribution in [0.2, 0.25) is 0 Å². The van der Waals surface area contributed by atoms with E-state index >= 15 is 0 Å². The quantitative estimate of drug-likeness (QED) is 0.364. The Kier molecular flexibility index (Phi) is 6.15. The summed E-state index contributed by atoms with van der Waals surface area (Å²) in [5.41, 5.74) is 5.78. The first-order chi connectivity index (χ1) is 14.9. The van der Waals surface area contributed by atoms with Gasteiger partial charge in [0.1, 0.15) is 5.00 Å². The van der Waals surface area contributed by atoms with Crippen LogP contribution in [-0.2, 0) is 0 Å². The number of nitrogens with zero attached hydrogens (tertiary/aromatic N) is 2. The number of carbonyl (C=O) groups is 1. The van der Waals surface area contributed by atoms with Crippen molar-refractivity contribution in [3.63, 3.8) is 0 Å². The van der Waals surface area contributed by atoms with Crippen molar-refractivity contribution in [3.8, 4) is 0 Å². The number of benzene rings is 1. The molecule has 1 amide bonds. The Balaban J connectivity index is 1.75. The summed E-state index contributed by atoms with van der Waals surface area (Å²) in [7, 11) is 0. The molecule has 3 aromatic heterocycles. The van der Waals surface area contributed by atoms with Gasteiger partial charge in [-0.25, -0.2) is 9.97 Å². The Labute approximate surface area is 190 Å². The molecule has 31 heavy (non-hydrogen) atoms. The zero-order valence-electron chi connectivity index (χ0n) is 17.9. The number of amides is 1. The molecule has 0 aliphatic heterocycles. The largest absolute Gasteiger partial charge is 0.343 e. The number of rotatable bonds is 6. The molecule has 158 valence electrons. The normalized spacial score (nSPS) is 11.9. The smallest absolute Gasteiger partial charge is 0.256 e. The Hall–Kier alpha value is -3.03. The van der Waals surface area contributed by atoms with Gasteiger partial charge in [0.05, 0.1) is 6.04 Å². The molecule has 5 nitrogen and oxygen atoms in total. The van der Waals surface area contributed by atoms with Crippen LogP contribution in [0.15, 0.2) is 53.2 Å². The Morgan fingerprint density at radius 3 is 2.35 bits per heavy atom. The number of hydrogen-bond acceptors (Lipinski definition) is 6. The van der Waals surface area contributed by atoms with Crippen molar-refractivity contribution in [2.75, 3.05) is 10.6 Å². The van der Waals surface area contributed by atoms with E-state index in [0.29, 0.717) is 11.5 Å². The molecule has 0 radical (unpaired) electrons. The van der Waals surface area contributed by atoms with Crippen LogP contribution in [-0.4, -0.2) is 15.9 Å². The van der Waals surface area contributed by atoms with Gasteiger partial charge in [-0.05, 0) is 73.8 Å². The maximum atomic E-state index is 12.9. The highest BCUT2D eigenvalue weighted by atomic mass is 32.1. The molecule has 0 aliphatic rings. The minimum atomic E-state index is -0.177. The van der Waals surface area contributed by atoms with E-state index in [1.165, 1.54) is 4.88 Å². The van der Waals surface area contributed by atoms with Crippen molar-refractivity contribution in [1.82, 2.24) is 9.97 Å². The lowest BCUT2D eigenvalue weighted by Crippen LogP contribution is -2.18. The van der Waals surface area contributed by atoms with Gasteiger partial charge >= 0.3 is 0 Å². The molecule has 0 saturated carbocycles. The molecule has 0 bridgehead atoms. The molecule has 0 fully saturated rings. The third kappa shape index (κ3) is 4.68. The van der Waals surface area contributed by atoms with Gasteiger partial charge < -0.3 is 10.6 Å². The highest BCUT2D eigenvalue weighted by molar-refractivity contribution is 7.16. The van der Waals surface area contributed by atoms with Gasteiger partial charge in [0.15, 0.2) is 0 Å². The summed E-state index contributed by atoms with van der Waals surface area (Å²) in [6.45, 7) is 8.11. The van der Waals surface area contributed by atoms with E-state index in [1.807, 2.05) is 50.2 Å². The monoisotopic (exact) mass is 448 g/mol. The first-order valence-corrected chi connectivity index (χ1v) is 11.8. The van der Waals surface area contributed by atoms with Crippen LogP contribution >= 0.6 is 22.7 Å². The van der Waals surface area contributed by atoms with Gasteiger partial charge in [-0.15, -0.1) is 11.3 Å². The molecule has 4 aromatic rings. The Morgan fingerprint density at radius 1 is 1.00 bits per heavy atom. The molecule has 0 aliphatic carbocycles. The standard InChI is InChI=1S/C24H24N4OS2/c1-14-12-15(2)26-24(25-14)27-21(19-10-11-30-13-19)20-16(3)17(4)31-23(20)28-22(29)18-8-6-5-7-9-18/h5-13,21H,1-4H3,(H,28,29)(H,25,26,27). The summed E-state index contributed by atoms with van der Waals surface area (Å²) in [6.07, 6.45) is 0. The molecule has 1 atom stereocenters. The predicted octanol–water partition coefficient (Wildman–Crippen LogP) is 6.29. The molecule has 1 unspecified atom stereocenters. The van der Waals surface area contributed by atoms with Crippen molar-refractivity contribution in [2.45, 2.75) is 33.7 Å². The molecule has 7 heteroatoms. The number of carbonyl (C=O) groups excluding carboxylic acids is 1. The van der Waals surface area contributed by atoms with Crippen molar-refractivity contribution in [1.29, 1.82) is 0 Å². The lowest BCUT2D eigenvalue weighted by Gasteiger charge is -2.21. The van der Waals surface area contributed by atoms with Gasteiger partial charge in [0.2, 0.25) is 5.95 Å². The lowest BCUT2D eigenvalue weighted by atomic mass is 9.98. The maximum absolute atomic E-state index is 12.9. The van der Waals surface area contributed by atoms with Crippen molar-refractivity contribution < 1.29 is 4.79 Å². The summed E-state index contributed by atoms with van der Waals surface area (Å²) >= 11 is 3.24. The summed E-state index contributed by atoms with van der Waals surface area (Å²) < 4.78 is 0. The first kappa shape index (κ1) is 21.2. The highest BCUT2D eigenvalue weighted by Crippen LogP contribution is 2.41. The zero-order chi connectivity index (χ0) is 22.0. The van der Waals surface area contributed by atoms with E-state index in [4.69, 9.17) is 0 Å². The fourth-order valence-electron chi connectivity index (χ4n) is 3.53. The van der Waals surface area contributed by atoms with Crippen LogP contribution in [0.4, 0.5) is 10.9 Å². The summed E-state index contributed by atoms with van der Waals surface area (Å²) in [4.78, 5) is 23.2. The summed E-state index contributed by atoms with van der Waals surface area (Å²) in [5, 5.41) is 11.7. The second-order valence-electron chi connectivity index (χ2n) is 7.45. The van der Waals surface area contributed by atoms with E-state index in [-0.39, 0.29) is 11.9 Å². The van der Waals surface area contributed by atoms with Crippen LogP contribution in [0.5, 0.6) is 0 Å². The third-order valence-electron chi connectivity index (χ3n) is 5.12. The van der Waals surface area contributed by atoms with E-state index in [9.17, 15) is 4.79 Å². The lowest BCUT2D eigenvalue weighted by molar-refractivity contribution is 0.102. The molecule has 3 heterocycles. The Bertz CT molecular complexity index is 1180. The van der Waals surface area contributed by atoms with Gasteiger partial charge in [-0.1, -0.05) is 18.2 Å². The fourth-order valence-corrected chi connectivity index (χ4v) is 5.31. The first-order valence-electron chi connectivity index (χ1n) is 9.99. The second-order valence-corrected chi connectivity index (χ2v) is 9.46. The number of nitrogens with one attached hydrogen (secondary N) is 2. The van der Waals surface area contributed by atoms with Gasteiger partial charge in [0.25, 0.3) is 5.91 Å². The van der Waals surface area contributed by atoms with Crippen LogP contribution in [0.3, 0.4) is 0 Å². The summed E-state index contributed by atoms with van der Waals surface area (Å²) in [6, 6.07) is 13.2. The van der Waals surface area contributed by atoms with Gasteiger partial charge in [-0.3, -0.25) is 4.79 Å². The molecule has 4 rings (SSSR count). The molecular formula is C24H24N4OS2. The van der Waals surface area contributed by atoms with Gasteiger partial charge in [-0.2, -0.15) is 11.3 Å². The fraction of sp³-hybridized carbons (Fsp3) is 0.208. The minimum Gasteiger partial charge on any atom is -0.343 e. The van der Waals surface area contributed by atoms with Crippen LogP contribution in [0.25, 0.3) is 0 Å². The average molecular weight is 449 g/mol. The van der Waals surface area contributed by atoms with Crippen molar-refractivity contribution >= 4 is 39.5 Å². The SMILES string of the molecule is Cc1cc(C)nc(NC(c2ccsc2)c2c(NC(=O)c3ccccc3)sc(C)c2C)n1. The zero-order valence-corrected chi connectivity index (χ0v) is 19.5. The Morgan fingerprint density at radius 2 is 1.71 bits per heavy atom. The van der Waals surface area contributed by atoms with Crippen molar-refractivity contribution in [2.24, 2.45) is 0 Å². The number of thiophene rings is 2. The van der Waals surface area contributed by atoms with E-state index < -0.39 is 0 Å². The van der Waals surface area contributed by atoms with E-state index in [0.717, 1.165) is 33.1 Å². The van der Waals surface area contributed by atoms with E-state index in [1.54, 1.807) is 22.7 Å². The van der Waals surface area contributed by atoms with Crippen LogP contribution in [0.1, 0.15) is 49.4 Å². The number of anilines is 2. The second kappa shape index (κ2) is 8.99. The topological polar surface area (TPSA) is 66.9 Å². The molecular weight excluding hydrogens is 424 g/mol. The molecule has 0 saturated heterocycles. The van der Waals surface area contributed by atoms with Crippen LogP contribution in [0, 0.1) is 27.7 Å². The minimum absolute atomic E-state index is 0.116. The number of hydrogen-bond donors (Lipinski definition) is 2. The van der Waals surface area contributed by atoms with Crippen molar-refractivity contribution in [3.05, 3.63) is 91.7 Å². The van der Waals surface area contributed by atoms with Gasteiger partial charge in [0, 0.05) is 27.4 Å². The van der Waals surface area contributed by atoms with E-state index in [2.05, 4.69) is 51.3 Å². The van der Waals surface area contributed by atoms with Crippen LogP contribution < -0.4 is 10.6 Å². The molecule has 1 aromatic carbocycles. The third-order valence-corrected chi connectivity index (χ3v) is 6.96. The predicted molar refractivity (Wildman–Crippen MR) is 129 cm³/mol. The molecule has 2 N–H and O–H groups in total. The number of aryl methyl sites for hydroxylation is 3. The summed E-state index contributed by atoms with van der Waals surface area (Å²) in [5.74, 6) is 0.465. The number of aromatic nitrogens is 2.